The molecule has 0 amide bonds. The molecule has 1 aromatic carbocycles. The van der Waals surface area contributed by atoms with Crippen LogP contribution in [-0.4, -0.2) is 24.7 Å². The fourth-order valence-corrected chi connectivity index (χ4v) is 2.45. The molecule has 2 aromatic rings. The molecule has 0 aliphatic rings. The highest BCUT2D eigenvalue weighted by Gasteiger charge is 2.10. The Bertz CT molecular complexity index is 601. The van der Waals surface area contributed by atoms with Crippen LogP contribution in [0.1, 0.15) is 31.0 Å². The molecule has 0 aliphatic heterocycles. The molecule has 0 fully saturated rings. The van der Waals surface area contributed by atoms with Crippen LogP contribution in [0, 0.1) is 6.92 Å². The van der Waals surface area contributed by atoms with E-state index in [2.05, 4.69) is 11.9 Å². The van der Waals surface area contributed by atoms with Crippen molar-refractivity contribution in [3.05, 3.63) is 29.5 Å². The van der Waals surface area contributed by atoms with Crippen molar-refractivity contribution in [2.75, 3.05) is 13.7 Å². The van der Waals surface area contributed by atoms with Crippen LogP contribution < -0.4 is 4.74 Å². The zero-order valence-electron chi connectivity index (χ0n) is 12.3. The molecule has 1 heterocycles. The monoisotopic (exact) mass is 275 g/mol. The molecule has 0 saturated heterocycles. The van der Waals surface area contributed by atoms with E-state index in [0.29, 0.717) is 13.0 Å². The van der Waals surface area contributed by atoms with Gasteiger partial charge in [0.05, 0.1) is 13.7 Å². The number of fused-ring (bicyclic) bond motifs is 1. The van der Waals surface area contributed by atoms with E-state index in [-0.39, 0.29) is 5.97 Å². The van der Waals surface area contributed by atoms with Gasteiger partial charge in [0.2, 0.25) is 0 Å². The normalized spacial score (nSPS) is 10.8. The molecule has 0 unspecified atom stereocenters. The van der Waals surface area contributed by atoms with Gasteiger partial charge in [-0.25, -0.2) is 0 Å². The Labute approximate surface area is 119 Å². The zero-order valence-corrected chi connectivity index (χ0v) is 12.3. The fraction of sp³-hybridized carbons (Fsp3) is 0.438. The first kappa shape index (κ1) is 14.4. The highest BCUT2D eigenvalue weighted by molar-refractivity contribution is 5.86. The Morgan fingerprint density at radius 1 is 1.35 bits per heavy atom. The van der Waals surface area contributed by atoms with Crippen molar-refractivity contribution in [3.8, 4) is 5.75 Å². The zero-order chi connectivity index (χ0) is 14.5. The van der Waals surface area contributed by atoms with Crippen LogP contribution >= 0.6 is 0 Å². The molecule has 0 saturated carbocycles. The van der Waals surface area contributed by atoms with E-state index < -0.39 is 0 Å². The van der Waals surface area contributed by atoms with Crippen molar-refractivity contribution in [3.63, 3.8) is 0 Å². The lowest BCUT2D eigenvalue weighted by Gasteiger charge is -2.04. The molecule has 20 heavy (non-hydrogen) atoms. The highest BCUT2D eigenvalue weighted by atomic mass is 16.5. The van der Waals surface area contributed by atoms with E-state index in [0.717, 1.165) is 29.8 Å². The molecule has 4 heteroatoms. The van der Waals surface area contributed by atoms with E-state index in [4.69, 9.17) is 9.47 Å². The maximum Gasteiger partial charge on any atom is 0.305 e. The number of methoxy groups -OCH3 is 1. The Kier molecular flexibility index (Phi) is 4.66. The summed E-state index contributed by atoms with van der Waals surface area (Å²) in [5.41, 5.74) is 3.51. The quantitative estimate of drug-likeness (QED) is 0.822. The predicted octanol–water partition coefficient (Wildman–Crippen LogP) is 3.37. The van der Waals surface area contributed by atoms with Crippen LogP contribution in [0.25, 0.3) is 10.9 Å². The average Bonchev–Trinajstić information content (AvgIpc) is 2.74. The number of rotatable bonds is 6. The van der Waals surface area contributed by atoms with Gasteiger partial charge in [-0.05, 0) is 50.5 Å². The lowest BCUT2D eigenvalue weighted by atomic mass is 10.0. The molecule has 0 radical (unpaired) electrons. The van der Waals surface area contributed by atoms with E-state index in [1.165, 1.54) is 10.9 Å². The first-order valence-corrected chi connectivity index (χ1v) is 6.96. The van der Waals surface area contributed by atoms with Crippen LogP contribution in [0.2, 0.25) is 0 Å². The Morgan fingerprint density at radius 2 is 2.15 bits per heavy atom. The Morgan fingerprint density at radius 3 is 2.85 bits per heavy atom. The van der Waals surface area contributed by atoms with Crippen molar-refractivity contribution in [2.45, 2.75) is 33.1 Å². The second-order valence-corrected chi connectivity index (χ2v) is 4.80. The number of nitrogens with one attached hydrogen (secondary N) is 1. The molecule has 2 rings (SSSR count). The summed E-state index contributed by atoms with van der Waals surface area (Å²) in [5, 5.41) is 1.17. The van der Waals surface area contributed by atoms with Crippen LogP contribution in [0.15, 0.2) is 18.2 Å². The number of ether oxygens (including phenoxy) is 2. The van der Waals surface area contributed by atoms with Gasteiger partial charge in [-0.3, -0.25) is 4.79 Å². The standard InChI is InChI=1S/C16H21NO3/c1-4-20-16(18)7-5-6-13-11(2)17-15-9-8-12(19-3)10-14(13)15/h8-10,17H,4-7H2,1-3H3. The maximum atomic E-state index is 11.4. The molecule has 1 N–H and O–H groups in total. The number of aryl methyl sites for hydroxylation is 2. The van der Waals surface area contributed by atoms with Gasteiger partial charge >= 0.3 is 5.97 Å². The minimum absolute atomic E-state index is 0.123. The van der Waals surface area contributed by atoms with Gasteiger partial charge < -0.3 is 14.5 Å². The van der Waals surface area contributed by atoms with Gasteiger partial charge in [0.15, 0.2) is 0 Å². The predicted molar refractivity (Wildman–Crippen MR) is 79.2 cm³/mol. The fourth-order valence-electron chi connectivity index (χ4n) is 2.45. The third kappa shape index (κ3) is 3.13. The molecular weight excluding hydrogens is 254 g/mol. The van der Waals surface area contributed by atoms with Crippen molar-refractivity contribution < 1.29 is 14.3 Å². The minimum Gasteiger partial charge on any atom is -0.497 e. The Hall–Kier alpha value is -1.97. The number of aromatic nitrogens is 1. The average molecular weight is 275 g/mol. The molecule has 4 nitrogen and oxygen atoms in total. The maximum absolute atomic E-state index is 11.4. The van der Waals surface area contributed by atoms with Gasteiger partial charge in [0, 0.05) is 23.0 Å². The topological polar surface area (TPSA) is 51.3 Å². The van der Waals surface area contributed by atoms with Crippen LogP contribution in [0.3, 0.4) is 0 Å². The minimum atomic E-state index is -0.123. The van der Waals surface area contributed by atoms with Crippen LogP contribution in [0.4, 0.5) is 0 Å². The second-order valence-electron chi connectivity index (χ2n) is 4.80. The molecule has 1 aromatic heterocycles. The van der Waals surface area contributed by atoms with Crippen molar-refractivity contribution >= 4 is 16.9 Å². The van der Waals surface area contributed by atoms with Gasteiger partial charge in [0.1, 0.15) is 5.75 Å². The lowest BCUT2D eigenvalue weighted by Crippen LogP contribution is -2.04. The summed E-state index contributed by atoms with van der Waals surface area (Å²) >= 11 is 0. The van der Waals surface area contributed by atoms with Crippen molar-refractivity contribution in [2.24, 2.45) is 0 Å². The summed E-state index contributed by atoms with van der Waals surface area (Å²) in [5.74, 6) is 0.728. The van der Waals surface area contributed by atoms with Gasteiger partial charge in [-0.15, -0.1) is 0 Å². The number of carbonyl (C=O) groups excluding carboxylic acids is 1. The molecule has 0 aliphatic carbocycles. The van der Waals surface area contributed by atoms with E-state index in [1.807, 2.05) is 25.1 Å². The first-order valence-electron chi connectivity index (χ1n) is 6.96. The lowest BCUT2D eigenvalue weighted by molar-refractivity contribution is -0.143. The van der Waals surface area contributed by atoms with Crippen molar-refractivity contribution in [1.29, 1.82) is 0 Å². The summed E-state index contributed by atoms with van der Waals surface area (Å²) in [6.07, 6.45) is 2.12. The molecule has 0 bridgehead atoms. The number of esters is 1. The number of benzene rings is 1. The van der Waals surface area contributed by atoms with Crippen LogP contribution in [-0.2, 0) is 16.0 Å². The number of aromatic amines is 1. The smallest absolute Gasteiger partial charge is 0.305 e. The van der Waals surface area contributed by atoms with Gasteiger partial charge in [0.25, 0.3) is 0 Å². The molecule has 0 atom stereocenters. The third-order valence-corrected chi connectivity index (χ3v) is 3.44. The highest BCUT2D eigenvalue weighted by Crippen LogP contribution is 2.27. The Balaban J connectivity index is 2.12. The first-order chi connectivity index (χ1) is 9.65. The number of H-pyrrole nitrogens is 1. The largest absolute Gasteiger partial charge is 0.497 e. The van der Waals surface area contributed by atoms with E-state index in [1.54, 1.807) is 7.11 Å². The van der Waals surface area contributed by atoms with Gasteiger partial charge in [-0.2, -0.15) is 0 Å². The van der Waals surface area contributed by atoms with Crippen molar-refractivity contribution in [1.82, 2.24) is 4.98 Å². The summed E-state index contributed by atoms with van der Waals surface area (Å²) in [6.45, 7) is 4.34. The molecule has 0 spiro atoms. The number of hydrogen-bond donors (Lipinski definition) is 1. The summed E-state index contributed by atoms with van der Waals surface area (Å²) in [7, 11) is 1.67. The van der Waals surface area contributed by atoms with Crippen LogP contribution in [0.5, 0.6) is 5.75 Å². The number of carbonyl (C=O) groups is 1. The SMILES string of the molecule is CCOC(=O)CCCc1c(C)[nH]c2ccc(OC)cc12. The molecule has 108 valence electrons. The molecular formula is C16H21NO3. The summed E-state index contributed by atoms with van der Waals surface area (Å²) in [6, 6.07) is 6.01. The summed E-state index contributed by atoms with van der Waals surface area (Å²) < 4.78 is 10.2. The second kappa shape index (κ2) is 6.46. The third-order valence-electron chi connectivity index (χ3n) is 3.44. The van der Waals surface area contributed by atoms with E-state index >= 15 is 0 Å². The van der Waals surface area contributed by atoms with E-state index in [9.17, 15) is 4.79 Å². The summed E-state index contributed by atoms with van der Waals surface area (Å²) in [4.78, 5) is 14.7. The number of hydrogen-bond acceptors (Lipinski definition) is 3. The van der Waals surface area contributed by atoms with Gasteiger partial charge in [-0.1, -0.05) is 0 Å².